The molecule has 0 amide bonds. The fourth-order valence-corrected chi connectivity index (χ4v) is 4.12. The smallest absolute Gasteiger partial charge is 0.223 e. The Morgan fingerprint density at radius 3 is 2.80 bits per heavy atom. The highest BCUT2D eigenvalue weighted by Crippen LogP contribution is 2.38. The van der Waals surface area contributed by atoms with E-state index < -0.39 is 0 Å². The van der Waals surface area contributed by atoms with Gasteiger partial charge in [-0.3, -0.25) is 0 Å². The Morgan fingerprint density at radius 1 is 1.20 bits per heavy atom. The molecule has 2 aliphatic heterocycles. The molecule has 1 atom stereocenters. The largest absolute Gasteiger partial charge is 0.472 e. The number of fused-ring (bicyclic) bond motifs is 3. The molecule has 2 aliphatic rings. The van der Waals surface area contributed by atoms with E-state index >= 15 is 0 Å². The van der Waals surface area contributed by atoms with Crippen LogP contribution in [0.1, 0.15) is 32.8 Å². The monoisotopic (exact) mass is 401 g/mol. The van der Waals surface area contributed by atoms with Crippen molar-refractivity contribution < 1.29 is 4.74 Å². The lowest BCUT2D eigenvalue weighted by atomic mass is 9.99. The maximum Gasteiger partial charge on any atom is 0.223 e. The molecule has 0 radical (unpaired) electrons. The minimum atomic E-state index is 0.144. The fraction of sp³-hybridized carbons (Fsp3) is 0.450. The van der Waals surface area contributed by atoms with Gasteiger partial charge in [0, 0.05) is 34.7 Å². The van der Waals surface area contributed by atoms with Gasteiger partial charge in [-0.1, -0.05) is 22.0 Å². The van der Waals surface area contributed by atoms with Crippen LogP contribution in [0.2, 0.25) is 0 Å². The zero-order valence-corrected chi connectivity index (χ0v) is 16.6. The molecule has 1 unspecified atom stereocenters. The normalized spacial score (nSPS) is 19.4. The summed E-state index contributed by atoms with van der Waals surface area (Å²) in [5, 5.41) is 3.69. The first-order valence-corrected chi connectivity index (χ1v) is 9.64. The average Bonchev–Trinajstić information content (AvgIpc) is 3.00. The third kappa shape index (κ3) is 3.53. The first-order chi connectivity index (χ1) is 11.9. The minimum Gasteiger partial charge on any atom is -0.472 e. The van der Waals surface area contributed by atoms with Gasteiger partial charge in [0.2, 0.25) is 5.88 Å². The molecule has 3 heterocycles. The lowest BCUT2D eigenvalue weighted by molar-refractivity contribution is 0.290. The number of hydrogen-bond donors (Lipinski definition) is 1. The number of nitrogens with zero attached hydrogens (tertiary/aromatic N) is 2. The summed E-state index contributed by atoms with van der Waals surface area (Å²) in [6, 6.07) is 11.1. The van der Waals surface area contributed by atoms with E-state index in [2.05, 4.69) is 77.2 Å². The summed E-state index contributed by atoms with van der Waals surface area (Å²) >= 11 is 3.53. The van der Waals surface area contributed by atoms with E-state index in [4.69, 9.17) is 9.72 Å². The van der Waals surface area contributed by atoms with Crippen molar-refractivity contribution in [3.8, 4) is 17.0 Å². The minimum absolute atomic E-state index is 0.144. The lowest BCUT2D eigenvalue weighted by Crippen LogP contribution is -2.44. The second-order valence-electron chi connectivity index (χ2n) is 7.94. The van der Waals surface area contributed by atoms with Crippen molar-refractivity contribution in [3.63, 3.8) is 0 Å². The summed E-state index contributed by atoms with van der Waals surface area (Å²) < 4.78 is 7.02. The Kier molecular flexibility index (Phi) is 4.24. The molecule has 4 rings (SSSR count). The Balaban J connectivity index is 1.56. The second kappa shape index (κ2) is 6.29. The van der Waals surface area contributed by atoms with Crippen LogP contribution < -0.4 is 15.0 Å². The molecule has 0 bridgehead atoms. The number of nitrogens with one attached hydrogen (secondary N) is 1. The molecule has 1 aromatic heterocycles. The molecule has 2 aromatic rings. The molecule has 25 heavy (non-hydrogen) atoms. The molecule has 1 fully saturated rings. The van der Waals surface area contributed by atoms with Crippen molar-refractivity contribution >= 4 is 21.7 Å². The number of rotatable bonds is 2. The van der Waals surface area contributed by atoms with Crippen molar-refractivity contribution in [2.24, 2.45) is 0 Å². The van der Waals surface area contributed by atoms with E-state index in [1.165, 1.54) is 11.1 Å². The van der Waals surface area contributed by atoms with Gasteiger partial charge in [-0.25, -0.2) is 0 Å². The Bertz CT molecular complexity index is 800. The summed E-state index contributed by atoms with van der Waals surface area (Å²) in [5.74, 6) is 1.76. The van der Waals surface area contributed by atoms with Crippen LogP contribution in [-0.4, -0.2) is 29.7 Å². The molecular weight excluding hydrogens is 378 g/mol. The number of hydrogen-bond acceptors (Lipinski definition) is 4. The van der Waals surface area contributed by atoms with E-state index in [1.54, 1.807) is 0 Å². The molecule has 0 aliphatic carbocycles. The number of benzene rings is 1. The van der Waals surface area contributed by atoms with Crippen LogP contribution in [0.3, 0.4) is 0 Å². The number of pyridine rings is 1. The fourth-order valence-electron chi connectivity index (χ4n) is 3.71. The van der Waals surface area contributed by atoms with Crippen LogP contribution in [0.5, 0.6) is 5.88 Å². The first kappa shape index (κ1) is 16.9. The second-order valence-corrected chi connectivity index (χ2v) is 8.85. The summed E-state index contributed by atoms with van der Waals surface area (Å²) in [7, 11) is 0. The van der Waals surface area contributed by atoms with Crippen LogP contribution in [0.25, 0.3) is 11.1 Å². The van der Waals surface area contributed by atoms with Crippen LogP contribution in [0.15, 0.2) is 34.8 Å². The predicted octanol–water partition coefficient (Wildman–Crippen LogP) is 4.37. The Labute approximate surface area is 157 Å². The SMILES string of the molecule is CC(C)(C)NC1CCN(c2ccc3c(n2)OCc2cc(Br)ccc2-3)C1. The highest BCUT2D eigenvalue weighted by atomic mass is 79.9. The zero-order chi connectivity index (χ0) is 17.6. The van der Waals surface area contributed by atoms with Gasteiger partial charge in [-0.2, -0.15) is 4.98 Å². The summed E-state index contributed by atoms with van der Waals surface area (Å²) in [5.41, 5.74) is 3.65. The third-order valence-electron chi connectivity index (χ3n) is 4.72. The van der Waals surface area contributed by atoms with Crippen molar-refractivity contribution in [2.45, 2.75) is 45.4 Å². The van der Waals surface area contributed by atoms with Crippen LogP contribution in [0.4, 0.5) is 5.82 Å². The van der Waals surface area contributed by atoms with Gasteiger partial charge < -0.3 is 15.0 Å². The maximum absolute atomic E-state index is 5.94. The lowest BCUT2D eigenvalue weighted by Gasteiger charge is -2.26. The zero-order valence-electron chi connectivity index (χ0n) is 15.0. The predicted molar refractivity (Wildman–Crippen MR) is 105 cm³/mol. The summed E-state index contributed by atoms with van der Waals surface area (Å²) in [4.78, 5) is 7.16. The summed E-state index contributed by atoms with van der Waals surface area (Å²) in [6.45, 7) is 9.26. The van der Waals surface area contributed by atoms with Crippen LogP contribution in [0, 0.1) is 0 Å². The maximum atomic E-state index is 5.94. The number of ether oxygens (including phenoxy) is 1. The van der Waals surface area contributed by atoms with Gasteiger partial charge in [0.05, 0.1) is 0 Å². The molecule has 1 saturated heterocycles. The standard InChI is InChI=1S/C20H24BrN3O/c1-20(2,3)23-15-8-9-24(11-15)18-7-6-17-16-5-4-14(21)10-13(16)12-25-19(17)22-18/h4-7,10,15,23H,8-9,11-12H2,1-3H3. The van der Waals surface area contributed by atoms with E-state index in [9.17, 15) is 0 Å². The number of anilines is 1. The van der Waals surface area contributed by atoms with Crippen LogP contribution in [-0.2, 0) is 6.61 Å². The molecule has 132 valence electrons. The quantitative estimate of drug-likeness (QED) is 0.810. The van der Waals surface area contributed by atoms with Crippen molar-refractivity contribution in [3.05, 3.63) is 40.4 Å². The molecular formula is C20H24BrN3O. The van der Waals surface area contributed by atoms with E-state index in [1.807, 2.05) is 0 Å². The molecule has 0 spiro atoms. The van der Waals surface area contributed by atoms with Gasteiger partial charge in [-0.05, 0) is 62.6 Å². The highest BCUT2D eigenvalue weighted by Gasteiger charge is 2.28. The molecule has 5 heteroatoms. The van der Waals surface area contributed by atoms with Crippen molar-refractivity contribution in [2.75, 3.05) is 18.0 Å². The number of aromatic nitrogens is 1. The Morgan fingerprint density at radius 2 is 2.00 bits per heavy atom. The van der Waals surface area contributed by atoms with E-state index in [-0.39, 0.29) is 5.54 Å². The first-order valence-electron chi connectivity index (χ1n) is 8.84. The van der Waals surface area contributed by atoms with Gasteiger partial charge in [0.25, 0.3) is 0 Å². The van der Waals surface area contributed by atoms with Crippen LogP contribution >= 0.6 is 15.9 Å². The molecule has 4 nitrogen and oxygen atoms in total. The van der Waals surface area contributed by atoms with Crippen molar-refractivity contribution in [1.82, 2.24) is 10.3 Å². The Hall–Kier alpha value is -1.59. The summed E-state index contributed by atoms with van der Waals surface area (Å²) in [6.07, 6.45) is 1.15. The van der Waals surface area contributed by atoms with Gasteiger partial charge in [0.15, 0.2) is 0 Å². The molecule has 1 N–H and O–H groups in total. The van der Waals surface area contributed by atoms with Gasteiger partial charge in [-0.15, -0.1) is 0 Å². The number of halogens is 1. The third-order valence-corrected chi connectivity index (χ3v) is 5.21. The highest BCUT2D eigenvalue weighted by molar-refractivity contribution is 9.10. The average molecular weight is 402 g/mol. The van der Waals surface area contributed by atoms with E-state index in [0.717, 1.165) is 41.2 Å². The van der Waals surface area contributed by atoms with Gasteiger partial charge >= 0.3 is 0 Å². The molecule has 1 aromatic carbocycles. The van der Waals surface area contributed by atoms with Crippen molar-refractivity contribution in [1.29, 1.82) is 0 Å². The van der Waals surface area contributed by atoms with Gasteiger partial charge in [0.1, 0.15) is 12.4 Å². The topological polar surface area (TPSA) is 37.4 Å². The van der Waals surface area contributed by atoms with E-state index in [0.29, 0.717) is 12.6 Å². The molecule has 0 saturated carbocycles.